The lowest BCUT2D eigenvalue weighted by atomic mass is 10.2. The van der Waals surface area contributed by atoms with Crippen molar-refractivity contribution in [2.45, 2.75) is 0 Å². The van der Waals surface area contributed by atoms with Crippen LogP contribution in [0.1, 0.15) is 5.56 Å². The molecule has 1 heterocycles. The lowest BCUT2D eigenvalue weighted by Gasteiger charge is -2.11. The fourth-order valence-corrected chi connectivity index (χ4v) is 2.28. The van der Waals surface area contributed by atoms with Crippen LogP contribution in [0.3, 0.4) is 0 Å². The number of halogens is 1. The van der Waals surface area contributed by atoms with Crippen LogP contribution in [0.25, 0.3) is 10.9 Å². The molecule has 0 aliphatic carbocycles. The van der Waals surface area contributed by atoms with Crippen LogP contribution in [0.2, 0.25) is 0 Å². The van der Waals surface area contributed by atoms with E-state index in [-0.39, 0.29) is 11.7 Å². The number of anilines is 1. The fourth-order valence-electron chi connectivity index (χ4n) is 2.28. The summed E-state index contributed by atoms with van der Waals surface area (Å²) in [6, 6.07) is 12.0. The van der Waals surface area contributed by atoms with E-state index in [0.29, 0.717) is 16.5 Å². The number of hydrogen-bond donors (Lipinski definition) is 2. The Kier molecular flexibility index (Phi) is 3.55. The third kappa shape index (κ3) is 2.65. The van der Waals surface area contributed by atoms with Crippen LogP contribution < -0.4 is 4.90 Å². The van der Waals surface area contributed by atoms with Crippen molar-refractivity contribution in [2.24, 2.45) is 4.99 Å². The number of H-pyrrole nitrogens is 1. The van der Waals surface area contributed by atoms with Gasteiger partial charge in [0.2, 0.25) is 0 Å². The molecule has 0 saturated carbocycles. The molecule has 3 rings (SSSR count). The third-order valence-electron chi connectivity index (χ3n) is 3.49. The van der Waals surface area contributed by atoms with E-state index in [9.17, 15) is 9.50 Å². The number of nitrogens with zero attached hydrogens (tertiary/aromatic N) is 2. The Morgan fingerprint density at radius 1 is 1.14 bits per heavy atom. The molecule has 0 saturated heterocycles. The van der Waals surface area contributed by atoms with E-state index in [0.717, 1.165) is 11.4 Å². The maximum Gasteiger partial charge on any atom is 0.198 e. The number of aliphatic imine (C=N–C) groups is 1. The molecule has 3 aromatic rings. The molecule has 2 N–H and O–H groups in total. The van der Waals surface area contributed by atoms with Gasteiger partial charge >= 0.3 is 0 Å². The molecular weight excluding hydrogens is 281 g/mol. The molecule has 0 aliphatic heterocycles. The number of fused-ring (bicyclic) bond motifs is 1. The van der Waals surface area contributed by atoms with Crippen molar-refractivity contribution >= 4 is 28.5 Å². The van der Waals surface area contributed by atoms with Crippen LogP contribution in [0.5, 0.6) is 5.88 Å². The molecule has 2 aromatic carbocycles. The van der Waals surface area contributed by atoms with Crippen molar-refractivity contribution in [1.29, 1.82) is 0 Å². The highest BCUT2D eigenvalue weighted by Crippen LogP contribution is 2.27. The van der Waals surface area contributed by atoms with Crippen LogP contribution in [0, 0.1) is 5.82 Å². The summed E-state index contributed by atoms with van der Waals surface area (Å²) in [4.78, 5) is 9.15. The minimum atomic E-state index is -0.350. The lowest BCUT2D eigenvalue weighted by molar-refractivity contribution is 0.457. The monoisotopic (exact) mass is 297 g/mol. The number of benzene rings is 2. The first-order chi connectivity index (χ1) is 10.5. The van der Waals surface area contributed by atoms with E-state index >= 15 is 0 Å². The van der Waals surface area contributed by atoms with E-state index in [4.69, 9.17) is 0 Å². The van der Waals surface area contributed by atoms with Gasteiger partial charge in [-0.15, -0.1) is 0 Å². The van der Waals surface area contributed by atoms with Gasteiger partial charge in [0.15, 0.2) is 5.88 Å². The molecule has 112 valence electrons. The number of nitrogens with one attached hydrogen (secondary N) is 1. The predicted octanol–water partition coefficient (Wildman–Crippen LogP) is 3.83. The normalized spacial score (nSPS) is 11.4. The minimum absolute atomic E-state index is 0.0192. The smallest absolute Gasteiger partial charge is 0.198 e. The first-order valence-corrected chi connectivity index (χ1v) is 6.86. The Morgan fingerprint density at radius 3 is 2.55 bits per heavy atom. The first-order valence-electron chi connectivity index (χ1n) is 6.86. The Morgan fingerprint density at radius 2 is 1.86 bits per heavy atom. The van der Waals surface area contributed by atoms with E-state index < -0.39 is 0 Å². The maximum absolute atomic E-state index is 13.4. The topological polar surface area (TPSA) is 51.6 Å². The first kappa shape index (κ1) is 14.1. The molecule has 0 unspecified atom stereocenters. The van der Waals surface area contributed by atoms with E-state index in [1.54, 1.807) is 6.07 Å². The van der Waals surface area contributed by atoms with Crippen molar-refractivity contribution < 1.29 is 9.50 Å². The second-order valence-electron chi connectivity index (χ2n) is 5.25. The molecule has 5 heteroatoms. The second kappa shape index (κ2) is 5.52. The highest BCUT2D eigenvalue weighted by atomic mass is 19.1. The van der Waals surface area contributed by atoms with Crippen LogP contribution in [0.4, 0.5) is 15.8 Å². The van der Waals surface area contributed by atoms with Gasteiger partial charge in [0.1, 0.15) is 5.82 Å². The zero-order chi connectivity index (χ0) is 15.7. The highest BCUT2D eigenvalue weighted by Gasteiger charge is 2.09. The van der Waals surface area contributed by atoms with Crippen molar-refractivity contribution in [3.63, 3.8) is 0 Å². The van der Waals surface area contributed by atoms with Gasteiger partial charge in [-0.2, -0.15) is 0 Å². The quantitative estimate of drug-likeness (QED) is 0.722. The molecule has 1 aromatic heterocycles. The van der Waals surface area contributed by atoms with Crippen molar-refractivity contribution in [1.82, 2.24) is 4.98 Å². The van der Waals surface area contributed by atoms with Gasteiger partial charge < -0.3 is 15.0 Å². The predicted molar refractivity (Wildman–Crippen MR) is 87.9 cm³/mol. The third-order valence-corrected chi connectivity index (χ3v) is 3.49. The summed E-state index contributed by atoms with van der Waals surface area (Å²) >= 11 is 0. The maximum atomic E-state index is 13.4. The highest BCUT2D eigenvalue weighted by molar-refractivity contribution is 6.02. The standard InChI is InChI=1S/C17H16FN3O/c1-21(2)13-6-4-12(5-7-13)19-10-15-14-9-11(18)3-8-16(14)20-17(15)22/h3-10,20,22H,1-2H3. The number of rotatable bonds is 3. The summed E-state index contributed by atoms with van der Waals surface area (Å²) < 4.78 is 13.4. The Balaban J connectivity index is 1.95. The average Bonchev–Trinajstić information content (AvgIpc) is 2.80. The van der Waals surface area contributed by atoms with Crippen LogP contribution in [-0.4, -0.2) is 30.4 Å². The average molecular weight is 297 g/mol. The Hall–Kier alpha value is -2.82. The molecule has 0 amide bonds. The summed E-state index contributed by atoms with van der Waals surface area (Å²) in [5, 5.41) is 10.5. The van der Waals surface area contributed by atoms with Gasteiger partial charge in [-0.05, 0) is 42.5 Å². The summed E-state index contributed by atoms with van der Waals surface area (Å²) in [5.74, 6) is -0.370. The number of hydrogen-bond acceptors (Lipinski definition) is 3. The minimum Gasteiger partial charge on any atom is -0.494 e. The molecule has 22 heavy (non-hydrogen) atoms. The van der Waals surface area contributed by atoms with E-state index in [2.05, 4.69) is 9.98 Å². The van der Waals surface area contributed by atoms with Gasteiger partial charge in [-0.3, -0.25) is 4.99 Å². The number of aromatic nitrogens is 1. The largest absolute Gasteiger partial charge is 0.494 e. The summed E-state index contributed by atoms with van der Waals surface area (Å²) in [5.41, 5.74) is 2.99. The van der Waals surface area contributed by atoms with Gasteiger partial charge in [-0.25, -0.2) is 4.39 Å². The fraction of sp³-hybridized carbons (Fsp3) is 0.118. The van der Waals surface area contributed by atoms with Crippen LogP contribution in [0.15, 0.2) is 47.5 Å². The van der Waals surface area contributed by atoms with E-state index in [1.807, 2.05) is 43.3 Å². The van der Waals surface area contributed by atoms with Crippen molar-refractivity contribution in [2.75, 3.05) is 19.0 Å². The SMILES string of the molecule is CN(C)c1ccc(N=Cc2c(O)[nH]c3ccc(F)cc23)cc1. The molecule has 0 spiro atoms. The molecular formula is C17H16FN3O. The molecule has 0 radical (unpaired) electrons. The second-order valence-corrected chi connectivity index (χ2v) is 5.25. The summed E-state index contributed by atoms with van der Waals surface area (Å²) in [7, 11) is 3.94. The van der Waals surface area contributed by atoms with Crippen LogP contribution >= 0.6 is 0 Å². The molecule has 0 atom stereocenters. The van der Waals surface area contributed by atoms with E-state index in [1.165, 1.54) is 18.3 Å². The van der Waals surface area contributed by atoms with Gasteiger partial charge in [0.05, 0.1) is 11.3 Å². The van der Waals surface area contributed by atoms with Gasteiger partial charge in [0.25, 0.3) is 0 Å². The number of aromatic amines is 1. The van der Waals surface area contributed by atoms with Gasteiger partial charge in [-0.1, -0.05) is 0 Å². The Bertz CT molecular complexity index is 835. The van der Waals surface area contributed by atoms with Crippen molar-refractivity contribution in [3.05, 3.63) is 53.8 Å². The zero-order valence-corrected chi connectivity index (χ0v) is 12.3. The summed E-state index contributed by atoms with van der Waals surface area (Å²) in [6.45, 7) is 0. The number of aromatic hydroxyl groups is 1. The Labute approximate surface area is 127 Å². The van der Waals surface area contributed by atoms with Gasteiger partial charge in [0, 0.05) is 36.9 Å². The molecule has 4 nitrogen and oxygen atoms in total. The molecule has 0 aliphatic rings. The molecule has 0 bridgehead atoms. The zero-order valence-electron chi connectivity index (χ0n) is 12.3. The summed E-state index contributed by atoms with van der Waals surface area (Å²) in [6.07, 6.45) is 1.54. The van der Waals surface area contributed by atoms with Crippen molar-refractivity contribution in [3.8, 4) is 5.88 Å². The lowest BCUT2D eigenvalue weighted by Crippen LogP contribution is -2.07. The van der Waals surface area contributed by atoms with Crippen LogP contribution in [-0.2, 0) is 0 Å². The molecule has 0 fully saturated rings.